The van der Waals surface area contributed by atoms with Crippen molar-refractivity contribution in [3.63, 3.8) is 0 Å². The minimum Gasteiger partial charge on any atom is -0.289 e. The lowest BCUT2D eigenvalue weighted by Gasteiger charge is -2.38. The summed E-state index contributed by atoms with van der Waals surface area (Å²) in [5, 5.41) is 0. The third-order valence-electron chi connectivity index (χ3n) is 7.09. The van der Waals surface area contributed by atoms with Crippen LogP contribution in [0.25, 0.3) is 0 Å². The molecule has 4 amide bonds. The largest absolute Gasteiger partial charge is 0.289 e. The zero-order chi connectivity index (χ0) is 24.0. The van der Waals surface area contributed by atoms with Crippen LogP contribution in [0, 0.1) is 13.8 Å². The highest BCUT2D eigenvalue weighted by Gasteiger charge is 2.46. The van der Waals surface area contributed by atoms with Crippen LogP contribution in [0.2, 0.25) is 0 Å². The van der Waals surface area contributed by atoms with Gasteiger partial charge in [-0.15, -0.1) is 0 Å². The van der Waals surface area contributed by atoms with E-state index in [1.54, 1.807) is 12.1 Å². The van der Waals surface area contributed by atoms with E-state index in [1.165, 1.54) is 9.80 Å². The maximum Gasteiger partial charge on any atom is 0.251 e. The Kier molecular flexibility index (Phi) is 5.79. The molecule has 5 rings (SSSR count). The average molecular weight is 461 g/mol. The summed E-state index contributed by atoms with van der Waals surface area (Å²) in [6, 6.07) is 13.8. The van der Waals surface area contributed by atoms with Gasteiger partial charge in [0.2, 0.25) is 11.8 Å². The van der Waals surface area contributed by atoms with Crippen molar-refractivity contribution in [2.75, 3.05) is 36.0 Å². The first-order valence-corrected chi connectivity index (χ1v) is 11.7. The van der Waals surface area contributed by atoms with E-state index in [0.29, 0.717) is 37.6 Å². The number of hydrogen-bond acceptors (Lipinski definition) is 6. The molecule has 8 nitrogen and oxygen atoms in total. The van der Waals surface area contributed by atoms with Crippen molar-refractivity contribution in [2.24, 2.45) is 0 Å². The van der Waals surface area contributed by atoms with Crippen molar-refractivity contribution in [1.82, 2.24) is 9.80 Å². The van der Waals surface area contributed by atoms with E-state index in [-0.39, 0.29) is 36.5 Å². The second-order valence-electron chi connectivity index (χ2n) is 9.27. The molecule has 3 aliphatic heterocycles. The van der Waals surface area contributed by atoms with Crippen LogP contribution in [0.1, 0.15) is 24.0 Å². The van der Waals surface area contributed by atoms with Gasteiger partial charge < -0.3 is 0 Å². The Balaban J connectivity index is 1.24. The molecule has 3 heterocycles. The monoisotopic (exact) mass is 460 g/mol. The molecular formula is C26H28N4O4. The smallest absolute Gasteiger partial charge is 0.251 e. The summed E-state index contributed by atoms with van der Waals surface area (Å²) in [5.74, 6) is -0.752. The minimum atomic E-state index is -0.487. The fraction of sp³-hybridized carbons (Fsp3) is 0.385. The first-order valence-electron chi connectivity index (χ1n) is 11.7. The number of anilines is 2. The molecule has 0 spiro atoms. The van der Waals surface area contributed by atoms with Crippen molar-refractivity contribution in [3.8, 4) is 0 Å². The normalized spacial score (nSPS) is 24.5. The molecule has 8 heteroatoms. The Morgan fingerprint density at radius 2 is 1.24 bits per heavy atom. The molecule has 0 saturated carbocycles. The van der Waals surface area contributed by atoms with Crippen molar-refractivity contribution in [1.29, 1.82) is 0 Å². The summed E-state index contributed by atoms with van der Waals surface area (Å²) < 4.78 is 0. The molecule has 3 aliphatic rings. The van der Waals surface area contributed by atoms with E-state index in [1.807, 2.05) is 60.0 Å². The van der Waals surface area contributed by atoms with Crippen molar-refractivity contribution in [3.05, 3.63) is 59.7 Å². The maximum absolute atomic E-state index is 13.2. The molecule has 0 aromatic heterocycles. The average Bonchev–Trinajstić information content (AvgIpc) is 3.28. The number of benzene rings is 2. The quantitative estimate of drug-likeness (QED) is 0.649. The first kappa shape index (κ1) is 22.4. The fourth-order valence-electron chi connectivity index (χ4n) is 5.27. The van der Waals surface area contributed by atoms with Crippen LogP contribution < -0.4 is 9.80 Å². The predicted octanol–water partition coefficient (Wildman–Crippen LogP) is 1.89. The predicted molar refractivity (Wildman–Crippen MR) is 127 cm³/mol. The zero-order valence-corrected chi connectivity index (χ0v) is 19.4. The minimum absolute atomic E-state index is 0.161. The van der Waals surface area contributed by atoms with E-state index >= 15 is 0 Å². The SMILES string of the molecule is Cc1cccc(N2C(=O)C[C@H](N3CCN([C@@H]4CC(=O)N(c5ccccc5C)C4=O)CC3)C2=O)c1. The number of nitrogens with zero attached hydrogens (tertiary/aromatic N) is 4. The molecule has 0 bridgehead atoms. The number of rotatable bonds is 4. The van der Waals surface area contributed by atoms with Gasteiger partial charge in [0.05, 0.1) is 36.3 Å². The molecule has 2 atom stereocenters. The zero-order valence-electron chi connectivity index (χ0n) is 19.4. The lowest BCUT2D eigenvalue weighted by atomic mass is 10.1. The van der Waals surface area contributed by atoms with Gasteiger partial charge in [-0.25, -0.2) is 9.80 Å². The number of carbonyl (C=O) groups is 4. The topological polar surface area (TPSA) is 81.2 Å². The molecule has 0 N–H and O–H groups in total. The maximum atomic E-state index is 13.2. The van der Waals surface area contributed by atoms with Gasteiger partial charge in [0, 0.05) is 26.2 Å². The van der Waals surface area contributed by atoms with Gasteiger partial charge >= 0.3 is 0 Å². The standard InChI is InChI=1S/C26H28N4O4/c1-17-6-5-8-19(14-17)29-23(31)15-21(25(29)33)27-10-12-28(13-11-27)22-16-24(32)30(26(22)34)20-9-4-3-7-18(20)2/h3-9,14,21-22H,10-13,15-16H2,1-2H3/t21-,22+/m0/s1. The van der Waals surface area contributed by atoms with Crippen LogP contribution in [0.15, 0.2) is 48.5 Å². The second-order valence-corrected chi connectivity index (χ2v) is 9.27. The van der Waals surface area contributed by atoms with E-state index < -0.39 is 12.1 Å². The third-order valence-corrected chi connectivity index (χ3v) is 7.09. The van der Waals surface area contributed by atoms with Gasteiger partial charge in [0.15, 0.2) is 0 Å². The summed E-state index contributed by atoms with van der Waals surface area (Å²) in [5.41, 5.74) is 3.13. The van der Waals surface area contributed by atoms with Crippen molar-refractivity contribution < 1.29 is 19.2 Å². The van der Waals surface area contributed by atoms with Gasteiger partial charge in [-0.3, -0.25) is 29.0 Å². The molecule has 0 unspecified atom stereocenters. The molecule has 3 saturated heterocycles. The van der Waals surface area contributed by atoms with Crippen LogP contribution in [-0.4, -0.2) is 71.7 Å². The number of amides is 4. The van der Waals surface area contributed by atoms with E-state index in [4.69, 9.17) is 0 Å². The van der Waals surface area contributed by atoms with Crippen LogP contribution in [0.3, 0.4) is 0 Å². The summed E-state index contributed by atoms with van der Waals surface area (Å²) in [4.78, 5) is 58.4. The number of para-hydroxylation sites is 1. The summed E-state index contributed by atoms with van der Waals surface area (Å²) in [7, 11) is 0. The number of imide groups is 2. The van der Waals surface area contributed by atoms with Crippen LogP contribution >= 0.6 is 0 Å². The summed E-state index contributed by atoms with van der Waals surface area (Å²) in [6.07, 6.45) is 0.323. The lowest BCUT2D eigenvalue weighted by molar-refractivity contribution is -0.126. The van der Waals surface area contributed by atoms with E-state index in [0.717, 1.165) is 11.1 Å². The molecule has 0 radical (unpaired) electrons. The highest BCUT2D eigenvalue weighted by atomic mass is 16.2. The fourth-order valence-corrected chi connectivity index (χ4v) is 5.27. The van der Waals surface area contributed by atoms with E-state index in [9.17, 15) is 19.2 Å². The van der Waals surface area contributed by atoms with Gasteiger partial charge in [-0.1, -0.05) is 30.3 Å². The molecular weight excluding hydrogens is 432 g/mol. The molecule has 34 heavy (non-hydrogen) atoms. The van der Waals surface area contributed by atoms with Crippen molar-refractivity contribution >= 4 is 35.0 Å². The molecule has 3 fully saturated rings. The highest BCUT2D eigenvalue weighted by molar-refractivity contribution is 6.23. The third kappa shape index (κ3) is 3.82. The lowest BCUT2D eigenvalue weighted by Crippen LogP contribution is -2.56. The van der Waals surface area contributed by atoms with Gasteiger partial charge in [-0.2, -0.15) is 0 Å². The molecule has 2 aromatic carbocycles. The molecule has 0 aliphatic carbocycles. The van der Waals surface area contributed by atoms with Crippen LogP contribution in [-0.2, 0) is 19.2 Å². The van der Waals surface area contributed by atoms with Gasteiger partial charge in [0.25, 0.3) is 11.8 Å². The Morgan fingerprint density at radius 1 is 0.676 bits per heavy atom. The molecule has 176 valence electrons. The molecule has 2 aromatic rings. The van der Waals surface area contributed by atoms with Crippen LogP contribution in [0.4, 0.5) is 11.4 Å². The Bertz CT molecular complexity index is 1170. The van der Waals surface area contributed by atoms with E-state index in [2.05, 4.69) is 0 Å². The Labute approximate surface area is 198 Å². The van der Waals surface area contributed by atoms with Gasteiger partial charge in [0.1, 0.15) is 0 Å². The summed E-state index contributed by atoms with van der Waals surface area (Å²) in [6.45, 7) is 6.07. The Morgan fingerprint density at radius 3 is 1.82 bits per heavy atom. The Hall–Kier alpha value is -3.36. The highest BCUT2D eigenvalue weighted by Crippen LogP contribution is 2.30. The number of aryl methyl sites for hydroxylation is 2. The number of hydrogen-bond donors (Lipinski definition) is 0. The van der Waals surface area contributed by atoms with Gasteiger partial charge in [-0.05, 0) is 43.2 Å². The van der Waals surface area contributed by atoms with Crippen LogP contribution in [0.5, 0.6) is 0 Å². The van der Waals surface area contributed by atoms with Crippen molar-refractivity contribution in [2.45, 2.75) is 38.8 Å². The number of piperazine rings is 1. The summed E-state index contributed by atoms with van der Waals surface area (Å²) >= 11 is 0. The second kappa shape index (κ2) is 8.77. The first-order chi connectivity index (χ1) is 16.3. The number of carbonyl (C=O) groups excluding carboxylic acids is 4.